The van der Waals surface area contributed by atoms with E-state index in [1.54, 1.807) is 12.1 Å². The SMILES string of the molecule is CC(C)c1ccc(OCc2cc([C@@H]3CCN(C(=O)c4cc5ccc(F)cc5[nH]4)C3)n[nH]2)cc1. The predicted molar refractivity (Wildman–Crippen MR) is 125 cm³/mol. The maximum atomic E-state index is 13.5. The first-order valence-electron chi connectivity index (χ1n) is 11.3. The number of hydrogen-bond acceptors (Lipinski definition) is 3. The highest BCUT2D eigenvalue weighted by Crippen LogP contribution is 2.28. The summed E-state index contributed by atoms with van der Waals surface area (Å²) in [5.41, 5.74) is 4.24. The molecule has 1 atom stereocenters. The molecular weight excluding hydrogens is 419 g/mol. The lowest BCUT2D eigenvalue weighted by atomic mass is 10.0. The van der Waals surface area contributed by atoms with E-state index in [0.29, 0.717) is 36.8 Å². The van der Waals surface area contributed by atoms with E-state index in [1.807, 2.05) is 23.1 Å². The van der Waals surface area contributed by atoms with Crippen LogP contribution >= 0.6 is 0 Å². The number of H-pyrrole nitrogens is 2. The van der Waals surface area contributed by atoms with Gasteiger partial charge in [-0.2, -0.15) is 5.10 Å². The van der Waals surface area contributed by atoms with Crippen molar-refractivity contribution in [1.82, 2.24) is 20.1 Å². The van der Waals surface area contributed by atoms with Crippen molar-refractivity contribution in [2.24, 2.45) is 0 Å². The zero-order valence-corrected chi connectivity index (χ0v) is 18.8. The molecule has 1 fully saturated rings. The molecule has 0 unspecified atom stereocenters. The van der Waals surface area contributed by atoms with Gasteiger partial charge in [0.2, 0.25) is 0 Å². The van der Waals surface area contributed by atoms with Gasteiger partial charge in [-0.1, -0.05) is 26.0 Å². The van der Waals surface area contributed by atoms with E-state index in [0.717, 1.165) is 28.9 Å². The Balaban J connectivity index is 1.19. The summed E-state index contributed by atoms with van der Waals surface area (Å²) in [6.07, 6.45) is 0.850. The van der Waals surface area contributed by atoms with Gasteiger partial charge < -0.3 is 14.6 Å². The first-order valence-corrected chi connectivity index (χ1v) is 11.3. The molecule has 2 aromatic carbocycles. The summed E-state index contributed by atoms with van der Waals surface area (Å²) in [4.78, 5) is 17.8. The van der Waals surface area contributed by atoms with Crippen LogP contribution in [0.5, 0.6) is 5.75 Å². The fraction of sp³-hybridized carbons (Fsp3) is 0.308. The molecule has 3 heterocycles. The predicted octanol–water partition coefficient (Wildman–Crippen LogP) is 5.36. The van der Waals surface area contributed by atoms with E-state index in [9.17, 15) is 9.18 Å². The van der Waals surface area contributed by atoms with Crippen molar-refractivity contribution >= 4 is 16.8 Å². The third-order valence-electron chi connectivity index (χ3n) is 6.30. The van der Waals surface area contributed by atoms with Crippen LogP contribution in [0.2, 0.25) is 0 Å². The molecule has 1 aliphatic rings. The largest absolute Gasteiger partial charge is 0.487 e. The van der Waals surface area contributed by atoms with Crippen molar-refractivity contribution in [2.75, 3.05) is 13.1 Å². The van der Waals surface area contributed by atoms with Crippen LogP contribution in [0.4, 0.5) is 4.39 Å². The summed E-state index contributed by atoms with van der Waals surface area (Å²) in [5.74, 6) is 1.09. The molecule has 7 heteroatoms. The van der Waals surface area contributed by atoms with Gasteiger partial charge in [-0.25, -0.2) is 4.39 Å². The maximum absolute atomic E-state index is 13.5. The van der Waals surface area contributed by atoms with Crippen LogP contribution in [0.15, 0.2) is 54.6 Å². The summed E-state index contributed by atoms with van der Waals surface area (Å²) >= 11 is 0. The number of rotatable bonds is 6. The average Bonchev–Trinajstić information content (AvgIpc) is 3.56. The van der Waals surface area contributed by atoms with E-state index in [2.05, 4.69) is 41.2 Å². The molecule has 170 valence electrons. The van der Waals surface area contributed by atoms with Crippen molar-refractivity contribution in [3.63, 3.8) is 0 Å². The van der Waals surface area contributed by atoms with E-state index in [-0.39, 0.29) is 17.6 Å². The minimum absolute atomic E-state index is 0.0713. The van der Waals surface area contributed by atoms with Crippen LogP contribution in [0, 0.1) is 5.82 Å². The van der Waals surface area contributed by atoms with Gasteiger partial charge >= 0.3 is 0 Å². The number of nitrogens with one attached hydrogen (secondary N) is 2. The molecular formula is C26H27FN4O2. The summed E-state index contributed by atoms with van der Waals surface area (Å²) in [6.45, 7) is 6.01. The van der Waals surface area contributed by atoms with Crippen LogP contribution in [0.25, 0.3) is 10.9 Å². The van der Waals surface area contributed by atoms with Crippen molar-refractivity contribution in [3.8, 4) is 5.75 Å². The van der Waals surface area contributed by atoms with Crippen molar-refractivity contribution in [1.29, 1.82) is 0 Å². The Morgan fingerprint density at radius 3 is 2.79 bits per heavy atom. The second kappa shape index (κ2) is 8.73. The zero-order chi connectivity index (χ0) is 22.9. The summed E-state index contributed by atoms with van der Waals surface area (Å²) in [5, 5.41) is 8.35. The second-order valence-electron chi connectivity index (χ2n) is 8.98. The van der Waals surface area contributed by atoms with Crippen molar-refractivity contribution in [2.45, 2.75) is 38.7 Å². The minimum Gasteiger partial charge on any atom is -0.487 e. The Morgan fingerprint density at radius 2 is 2.00 bits per heavy atom. The van der Waals surface area contributed by atoms with Gasteiger partial charge in [0.15, 0.2) is 0 Å². The van der Waals surface area contributed by atoms with Crippen LogP contribution in [-0.4, -0.2) is 39.1 Å². The normalized spacial score (nSPS) is 16.1. The van der Waals surface area contributed by atoms with Crippen LogP contribution in [0.1, 0.15) is 59.5 Å². The quantitative estimate of drug-likeness (QED) is 0.419. The molecule has 5 rings (SSSR count). The van der Waals surface area contributed by atoms with Gasteiger partial charge in [0, 0.05) is 29.9 Å². The zero-order valence-electron chi connectivity index (χ0n) is 18.8. The second-order valence-corrected chi connectivity index (χ2v) is 8.98. The topological polar surface area (TPSA) is 74.0 Å². The Morgan fingerprint density at radius 1 is 1.18 bits per heavy atom. The third kappa shape index (κ3) is 4.49. The van der Waals surface area contributed by atoms with Crippen LogP contribution in [-0.2, 0) is 6.61 Å². The molecule has 1 saturated heterocycles. The Labute approximate surface area is 191 Å². The first-order chi connectivity index (χ1) is 16.0. The lowest BCUT2D eigenvalue weighted by molar-refractivity contribution is 0.0786. The van der Waals surface area contributed by atoms with Crippen LogP contribution < -0.4 is 4.74 Å². The average molecular weight is 447 g/mol. The van der Waals surface area contributed by atoms with E-state index in [1.165, 1.54) is 17.7 Å². The maximum Gasteiger partial charge on any atom is 0.270 e. The van der Waals surface area contributed by atoms with Gasteiger partial charge in [-0.3, -0.25) is 9.89 Å². The molecule has 2 aromatic heterocycles. The van der Waals surface area contributed by atoms with Crippen LogP contribution in [0.3, 0.4) is 0 Å². The molecule has 0 radical (unpaired) electrons. The number of hydrogen-bond donors (Lipinski definition) is 2. The van der Waals surface area contributed by atoms with Gasteiger partial charge in [-0.05, 0) is 60.4 Å². The summed E-state index contributed by atoms with van der Waals surface area (Å²) in [7, 11) is 0. The number of ether oxygens (including phenoxy) is 1. The number of likely N-dealkylation sites (tertiary alicyclic amines) is 1. The summed E-state index contributed by atoms with van der Waals surface area (Å²) < 4.78 is 19.3. The van der Waals surface area contributed by atoms with E-state index in [4.69, 9.17) is 4.74 Å². The van der Waals surface area contributed by atoms with Gasteiger partial charge in [-0.15, -0.1) is 0 Å². The highest BCUT2D eigenvalue weighted by atomic mass is 19.1. The van der Waals surface area contributed by atoms with E-state index < -0.39 is 0 Å². The van der Waals surface area contributed by atoms with Crippen molar-refractivity contribution < 1.29 is 13.9 Å². The molecule has 6 nitrogen and oxygen atoms in total. The number of aromatic nitrogens is 3. The van der Waals surface area contributed by atoms with Gasteiger partial charge in [0.25, 0.3) is 5.91 Å². The fourth-order valence-electron chi connectivity index (χ4n) is 4.34. The third-order valence-corrected chi connectivity index (χ3v) is 6.30. The molecule has 1 aliphatic heterocycles. The summed E-state index contributed by atoms with van der Waals surface area (Å²) in [6, 6.07) is 16.4. The first kappa shape index (κ1) is 21.2. The molecule has 4 aromatic rings. The number of fused-ring (bicyclic) bond motifs is 1. The number of nitrogens with zero attached hydrogens (tertiary/aromatic N) is 2. The number of carbonyl (C=O) groups excluding carboxylic acids is 1. The monoisotopic (exact) mass is 446 g/mol. The van der Waals surface area contributed by atoms with E-state index >= 15 is 0 Å². The van der Waals surface area contributed by atoms with Gasteiger partial charge in [0.1, 0.15) is 23.9 Å². The molecule has 0 saturated carbocycles. The highest BCUT2D eigenvalue weighted by Gasteiger charge is 2.30. The molecule has 2 N–H and O–H groups in total. The van der Waals surface area contributed by atoms with Gasteiger partial charge in [0.05, 0.1) is 11.4 Å². The number of aromatic amines is 2. The number of amides is 1. The highest BCUT2D eigenvalue weighted by molar-refractivity contribution is 5.98. The minimum atomic E-state index is -0.324. The lowest BCUT2D eigenvalue weighted by Crippen LogP contribution is -2.28. The smallest absolute Gasteiger partial charge is 0.270 e. The van der Waals surface area contributed by atoms with Crippen molar-refractivity contribution in [3.05, 3.63) is 83.1 Å². The molecule has 1 amide bonds. The number of halogens is 1. The molecule has 33 heavy (non-hydrogen) atoms. The number of benzene rings is 2. The lowest BCUT2D eigenvalue weighted by Gasteiger charge is -2.15. The Bertz CT molecular complexity index is 1280. The number of carbonyl (C=O) groups is 1. The molecule has 0 spiro atoms. The fourth-order valence-corrected chi connectivity index (χ4v) is 4.34. The molecule has 0 bridgehead atoms. The Hall–Kier alpha value is -3.61. The standard InChI is InChI=1S/C26H27FN4O2/c1-16(2)17-4-7-22(8-5-17)33-15-21-13-24(30-29-21)19-9-10-31(14-19)26(32)25-11-18-3-6-20(27)12-23(18)28-25/h3-8,11-13,16,19,28H,9-10,14-15H2,1-2H3,(H,29,30)/t19-/m1/s1. The Kier molecular flexibility index (Phi) is 5.62. The molecule has 0 aliphatic carbocycles.